The molecule has 1 heterocycles. The SMILES string of the molecule is CC(C)NCC(C)Sc1ncn[nH]1. The van der Waals surface area contributed by atoms with Gasteiger partial charge in [0.15, 0.2) is 5.16 Å². The quantitative estimate of drug-likeness (QED) is 0.703. The van der Waals surface area contributed by atoms with E-state index in [0.717, 1.165) is 11.7 Å². The van der Waals surface area contributed by atoms with Gasteiger partial charge in [0.25, 0.3) is 0 Å². The molecule has 0 aliphatic carbocycles. The fourth-order valence-corrected chi connectivity index (χ4v) is 1.66. The van der Waals surface area contributed by atoms with Crippen molar-refractivity contribution < 1.29 is 0 Å². The summed E-state index contributed by atoms with van der Waals surface area (Å²) in [6.45, 7) is 7.45. The fraction of sp³-hybridized carbons (Fsp3) is 0.750. The van der Waals surface area contributed by atoms with Gasteiger partial charge in [-0.2, -0.15) is 5.10 Å². The molecule has 1 rings (SSSR count). The first-order valence-electron chi connectivity index (χ1n) is 4.44. The molecule has 0 saturated carbocycles. The lowest BCUT2D eigenvalue weighted by molar-refractivity contribution is 0.589. The Morgan fingerprint density at radius 1 is 1.54 bits per heavy atom. The number of thioether (sulfide) groups is 1. The Balaban J connectivity index is 2.22. The van der Waals surface area contributed by atoms with Crippen molar-refractivity contribution in [2.75, 3.05) is 6.54 Å². The van der Waals surface area contributed by atoms with Gasteiger partial charge in [-0.15, -0.1) is 0 Å². The Hall–Kier alpha value is -0.550. The molecule has 1 aromatic rings. The molecule has 0 radical (unpaired) electrons. The molecule has 0 bridgehead atoms. The molecular weight excluding hydrogens is 184 g/mol. The van der Waals surface area contributed by atoms with E-state index in [9.17, 15) is 0 Å². The van der Waals surface area contributed by atoms with Gasteiger partial charge in [0.05, 0.1) is 0 Å². The molecule has 74 valence electrons. The van der Waals surface area contributed by atoms with E-state index in [-0.39, 0.29) is 0 Å². The van der Waals surface area contributed by atoms with E-state index in [1.54, 1.807) is 11.8 Å². The summed E-state index contributed by atoms with van der Waals surface area (Å²) in [5.74, 6) is 0. The van der Waals surface area contributed by atoms with Crippen molar-refractivity contribution >= 4 is 11.8 Å². The largest absolute Gasteiger partial charge is 0.313 e. The first-order chi connectivity index (χ1) is 6.18. The minimum Gasteiger partial charge on any atom is -0.313 e. The molecule has 1 aromatic heterocycles. The summed E-state index contributed by atoms with van der Waals surface area (Å²) in [6.07, 6.45) is 1.53. The third-order valence-electron chi connectivity index (χ3n) is 1.52. The Labute approximate surface area is 82.9 Å². The predicted molar refractivity (Wildman–Crippen MR) is 54.8 cm³/mol. The smallest absolute Gasteiger partial charge is 0.183 e. The highest BCUT2D eigenvalue weighted by Crippen LogP contribution is 2.16. The van der Waals surface area contributed by atoms with E-state index in [1.807, 2.05) is 0 Å². The lowest BCUT2D eigenvalue weighted by Crippen LogP contribution is -2.29. The van der Waals surface area contributed by atoms with Gasteiger partial charge in [-0.3, -0.25) is 5.10 Å². The number of hydrogen-bond donors (Lipinski definition) is 2. The maximum absolute atomic E-state index is 4.05. The highest BCUT2D eigenvalue weighted by atomic mass is 32.2. The second-order valence-electron chi connectivity index (χ2n) is 3.28. The molecule has 13 heavy (non-hydrogen) atoms. The Bertz CT molecular complexity index is 222. The number of aromatic amines is 1. The van der Waals surface area contributed by atoms with E-state index in [4.69, 9.17) is 0 Å². The van der Waals surface area contributed by atoms with Crippen LogP contribution in [0.2, 0.25) is 0 Å². The van der Waals surface area contributed by atoms with E-state index >= 15 is 0 Å². The van der Waals surface area contributed by atoms with Gasteiger partial charge in [-0.05, 0) is 0 Å². The predicted octanol–water partition coefficient (Wildman–Crippen LogP) is 1.28. The van der Waals surface area contributed by atoms with Crippen LogP contribution in [0.1, 0.15) is 20.8 Å². The summed E-state index contributed by atoms with van der Waals surface area (Å²) in [7, 11) is 0. The average molecular weight is 200 g/mol. The van der Waals surface area contributed by atoms with Crippen LogP contribution in [0.3, 0.4) is 0 Å². The first kappa shape index (κ1) is 10.5. The zero-order valence-corrected chi connectivity index (χ0v) is 9.06. The van der Waals surface area contributed by atoms with Crippen LogP contribution in [-0.4, -0.2) is 33.0 Å². The highest BCUT2D eigenvalue weighted by Gasteiger charge is 2.06. The van der Waals surface area contributed by atoms with E-state index in [0.29, 0.717) is 11.3 Å². The van der Waals surface area contributed by atoms with Gasteiger partial charge >= 0.3 is 0 Å². The van der Waals surface area contributed by atoms with Crippen molar-refractivity contribution in [3.63, 3.8) is 0 Å². The van der Waals surface area contributed by atoms with Crippen LogP contribution in [0.25, 0.3) is 0 Å². The van der Waals surface area contributed by atoms with Crippen LogP contribution in [0, 0.1) is 0 Å². The molecule has 0 amide bonds. The molecule has 0 aliphatic rings. The summed E-state index contributed by atoms with van der Waals surface area (Å²) in [5.41, 5.74) is 0. The maximum atomic E-state index is 4.05. The Morgan fingerprint density at radius 3 is 2.85 bits per heavy atom. The number of nitrogens with zero attached hydrogens (tertiary/aromatic N) is 2. The molecule has 0 spiro atoms. The third-order valence-corrected chi connectivity index (χ3v) is 2.51. The van der Waals surface area contributed by atoms with Crippen LogP contribution >= 0.6 is 11.8 Å². The van der Waals surface area contributed by atoms with Crippen molar-refractivity contribution in [1.82, 2.24) is 20.5 Å². The van der Waals surface area contributed by atoms with Gasteiger partial charge in [-0.25, -0.2) is 4.98 Å². The van der Waals surface area contributed by atoms with Crippen molar-refractivity contribution in [3.05, 3.63) is 6.33 Å². The minimum atomic E-state index is 0.510. The molecule has 1 atom stereocenters. The molecule has 0 aromatic carbocycles. The second kappa shape index (κ2) is 5.24. The maximum Gasteiger partial charge on any atom is 0.183 e. The highest BCUT2D eigenvalue weighted by molar-refractivity contribution is 7.99. The van der Waals surface area contributed by atoms with Crippen molar-refractivity contribution in [2.24, 2.45) is 0 Å². The summed E-state index contributed by atoms with van der Waals surface area (Å²) >= 11 is 1.70. The minimum absolute atomic E-state index is 0.510. The fourth-order valence-electron chi connectivity index (χ4n) is 0.885. The normalized spacial score (nSPS) is 13.5. The molecule has 5 heteroatoms. The Kier molecular flexibility index (Phi) is 4.24. The Morgan fingerprint density at radius 2 is 2.31 bits per heavy atom. The lowest BCUT2D eigenvalue weighted by atomic mass is 10.3. The molecule has 4 nitrogen and oxygen atoms in total. The van der Waals surface area contributed by atoms with Crippen LogP contribution in [-0.2, 0) is 0 Å². The average Bonchev–Trinajstić information content (AvgIpc) is 2.53. The number of hydrogen-bond acceptors (Lipinski definition) is 4. The summed E-state index contributed by atoms with van der Waals surface area (Å²) in [6, 6.07) is 0.540. The molecule has 2 N–H and O–H groups in total. The summed E-state index contributed by atoms with van der Waals surface area (Å²) < 4.78 is 0. The van der Waals surface area contributed by atoms with Crippen molar-refractivity contribution in [3.8, 4) is 0 Å². The monoisotopic (exact) mass is 200 g/mol. The van der Waals surface area contributed by atoms with Gasteiger partial charge in [0, 0.05) is 17.8 Å². The molecule has 1 unspecified atom stereocenters. The zero-order chi connectivity index (χ0) is 9.68. The third kappa shape index (κ3) is 4.28. The van der Waals surface area contributed by atoms with Gasteiger partial charge < -0.3 is 5.32 Å². The number of H-pyrrole nitrogens is 1. The van der Waals surface area contributed by atoms with E-state index < -0.39 is 0 Å². The lowest BCUT2D eigenvalue weighted by Gasteiger charge is -2.12. The topological polar surface area (TPSA) is 53.6 Å². The van der Waals surface area contributed by atoms with Crippen LogP contribution < -0.4 is 5.32 Å². The van der Waals surface area contributed by atoms with E-state index in [1.165, 1.54) is 6.33 Å². The van der Waals surface area contributed by atoms with Gasteiger partial charge in [0.2, 0.25) is 0 Å². The van der Waals surface area contributed by atoms with Crippen molar-refractivity contribution in [2.45, 2.75) is 37.2 Å². The van der Waals surface area contributed by atoms with Gasteiger partial charge in [-0.1, -0.05) is 32.5 Å². The van der Waals surface area contributed by atoms with Crippen LogP contribution in [0.15, 0.2) is 11.5 Å². The first-order valence-corrected chi connectivity index (χ1v) is 5.32. The molecule has 0 fully saturated rings. The van der Waals surface area contributed by atoms with Gasteiger partial charge in [0.1, 0.15) is 6.33 Å². The van der Waals surface area contributed by atoms with Crippen LogP contribution in [0.4, 0.5) is 0 Å². The number of aromatic nitrogens is 3. The van der Waals surface area contributed by atoms with Crippen molar-refractivity contribution in [1.29, 1.82) is 0 Å². The number of nitrogens with one attached hydrogen (secondary N) is 2. The zero-order valence-electron chi connectivity index (χ0n) is 8.24. The standard InChI is InChI=1S/C8H16N4S/c1-6(2)9-4-7(3)13-8-10-5-11-12-8/h5-7,9H,4H2,1-3H3,(H,10,11,12). The number of rotatable bonds is 5. The van der Waals surface area contributed by atoms with E-state index in [2.05, 4.69) is 41.3 Å². The second-order valence-corrected chi connectivity index (χ2v) is 4.71. The summed E-state index contributed by atoms with van der Waals surface area (Å²) in [5, 5.41) is 11.4. The molecule has 0 saturated heterocycles. The summed E-state index contributed by atoms with van der Waals surface area (Å²) in [4.78, 5) is 4.05. The van der Waals surface area contributed by atoms with Crippen LogP contribution in [0.5, 0.6) is 0 Å². The molecular formula is C8H16N4S. The molecule has 0 aliphatic heterocycles.